The number of anilines is 1. The molecule has 0 amide bonds. The molecule has 0 unspecified atom stereocenters. The molecular formula is C15H25N3. The Kier molecular flexibility index (Phi) is 4.25. The van der Waals surface area contributed by atoms with Gasteiger partial charge in [0, 0.05) is 51.0 Å². The Morgan fingerprint density at radius 1 is 1.17 bits per heavy atom. The van der Waals surface area contributed by atoms with Crippen LogP contribution in [-0.4, -0.2) is 50.2 Å². The Labute approximate surface area is 111 Å². The minimum absolute atomic E-state index is 0.215. The molecule has 1 aromatic carbocycles. The Morgan fingerprint density at radius 3 is 2.39 bits per heavy atom. The Balaban J connectivity index is 1.98. The molecule has 100 valence electrons. The van der Waals surface area contributed by atoms with Gasteiger partial charge in [0.2, 0.25) is 0 Å². The fraction of sp³-hybridized carbons (Fsp3) is 0.600. The molecule has 0 spiro atoms. The predicted molar refractivity (Wildman–Crippen MR) is 78.2 cm³/mol. The summed E-state index contributed by atoms with van der Waals surface area (Å²) in [5.74, 6) is 0. The van der Waals surface area contributed by atoms with Crippen LogP contribution in [0.2, 0.25) is 0 Å². The standard InChI is InChI=1S/C15H25N3/c1-15(2,18-11-9-16-10-12-18)13-17(3)14-7-5-4-6-8-14/h4-8,16H,9-13H2,1-3H3. The van der Waals surface area contributed by atoms with Crippen LogP contribution in [0.3, 0.4) is 0 Å². The largest absolute Gasteiger partial charge is 0.373 e. The molecule has 1 heterocycles. The topological polar surface area (TPSA) is 18.5 Å². The first-order valence-corrected chi connectivity index (χ1v) is 6.81. The molecule has 1 N–H and O–H groups in total. The minimum atomic E-state index is 0.215. The molecule has 0 radical (unpaired) electrons. The zero-order valence-corrected chi connectivity index (χ0v) is 11.8. The highest BCUT2D eigenvalue weighted by molar-refractivity contribution is 5.45. The van der Waals surface area contributed by atoms with E-state index >= 15 is 0 Å². The first-order valence-electron chi connectivity index (χ1n) is 6.81. The maximum atomic E-state index is 3.42. The van der Waals surface area contributed by atoms with Crippen LogP contribution in [0.5, 0.6) is 0 Å². The van der Waals surface area contributed by atoms with E-state index in [-0.39, 0.29) is 5.54 Å². The lowest BCUT2D eigenvalue weighted by atomic mass is 10.0. The van der Waals surface area contributed by atoms with E-state index in [2.05, 4.69) is 66.3 Å². The summed E-state index contributed by atoms with van der Waals surface area (Å²) in [4.78, 5) is 4.94. The van der Waals surface area contributed by atoms with E-state index in [0.717, 1.165) is 32.7 Å². The fourth-order valence-electron chi connectivity index (χ4n) is 2.72. The third-order valence-electron chi connectivity index (χ3n) is 3.79. The smallest absolute Gasteiger partial charge is 0.0364 e. The highest BCUT2D eigenvalue weighted by Crippen LogP contribution is 2.20. The van der Waals surface area contributed by atoms with Gasteiger partial charge in [0.1, 0.15) is 0 Å². The van der Waals surface area contributed by atoms with Crippen molar-refractivity contribution in [3.8, 4) is 0 Å². The van der Waals surface area contributed by atoms with Crippen LogP contribution < -0.4 is 10.2 Å². The third kappa shape index (κ3) is 3.24. The molecule has 2 rings (SSSR count). The summed E-state index contributed by atoms with van der Waals surface area (Å²) in [6.07, 6.45) is 0. The number of rotatable bonds is 4. The molecule has 0 aliphatic carbocycles. The summed E-state index contributed by atoms with van der Waals surface area (Å²) < 4.78 is 0. The Morgan fingerprint density at radius 2 is 1.78 bits per heavy atom. The van der Waals surface area contributed by atoms with Crippen molar-refractivity contribution in [3.63, 3.8) is 0 Å². The van der Waals surface area contributed by atoms with Crippen LogP contribution in [0.1, 0.15) is 13.8 Å². The van der Waals surface area contributed by atoms with E-state index in [9.17, 15) is 0 Å². The van der Waals surface area contributed by atoms with Gasteiger partial charge in [0.15, 0.2) is 0 Å². The van der Waals surface area contributed by atoms with Gasteiger partial charge in [-0.05, 0) is 26.0 Å². The second kappa shape index (κ2) is 5.72. The highest BCUT2D eigenvalue weighted by atomic mass is 15.3. The molecule has 18 heavy (non-hydrogen) atoms. The average molecular weight is 247 g/mol. The summed E-state index contributed by atoms with van der Waals surface area (Å²) in [5, 5.41) is 3.42. The number of para-hydroxylation sites is 1. The van der Waals surface area contributed by atoms with Gasteiger partial charge in [-0.1, -0.05) is 18.2 Å². The second-order valence-corrected chi connectivity index (χ2v) is 5.74. The highest BCUT2D eigenvalue weighted by Gasteiger charge is 2.29. The molecule has 0 atom stereocenters. The fourth-order valence-corrected chi connectivity index (χ4v) is 2.72. The number of nitrogens with one attached hydrogen (secondary N) is 1. The predicted octanol–water partition coefficient (Wildman–Crippen LogP) is 1.81. The van der Waals surface area contributed by atoms with Crippen molar-refractivity contribution >= 4 is 5.69 Å². The van der Waals surface area contributed by atoms with Crippen molar-refractivity contribution in [2.24, 2.45) is 0 Å². The van der Waals surface area contributed by atoms with E-state index < -0.39 is 0 Å². The molecule has 0 bridgehead atoms. The number of hydrogen-bond donors (Lipinski definition) is 1. The molecule has 0 aromatic heterocycles. The molecule has 1 aliphatic heterocycles. The van der Waals surface area contributed by atoms with Gasteiger partial charge >= 0.3 is 0 Å². The van der Waals surface area contributed by atoms with Crippen LogP contribution in [0.4, 0.5) is 5.69 Å². The van der Waals surface area contributed by atoms with Gasteiger partial charge < -0.3 is 10.2 Å². The summed E-state index contributed by atoms with van der Waals surface area (Å²) in [6, 6.07) is 10.6. The van der Waals surface area contributed by atoms with Crippen molar-refractivity contribution in [1.29, 1.82) is 0 Å². The van der Waals surface area contributed by atoms with Gasteiger partial charge in [-0.25, -0.2) is 0 Å². The van der Waals surface area contributed by atoms with Gasteiger partial charge in [-0.2, -0.15) is 0 Å². The molecule has 1 fully saturated rings. The van der Waals surface area contributed by atoms with Crippen LogP contribution in [0.25, 0.3) is 0 Å². The van der Waals surface area contributed by atoms with Gasteiger partial charge in [0.25, 0.3) is 0 Å². The first kappa shape index (κ1) is 13.4. The van der Waals surface area contributed by atoms with Gasteiger partial charge in [-0.15, -0.1) is 0 Å². The monoisotopic (exact) mass is 247 g/mol. The molecule has 0 saturated carbocycles. The minimum Gasteiger partial charge on any atom is -0.373 e. The Hall–Kier alpha value is -1.06. The number of benzene rings is 1. The zero-order chi connectivity index (χ0) is 13.0. The van der Waals surface area contributed by atoms with Crippen molar-refractivity contribution < 1.29 is 0 Å². The molecule has 3 nitrogen and oxygen atoms in total. The van der Waals surface area contributed by atoms with Gasteiger partial charge in [-0.3, -0.25) is 4.90 Å². The molecular weight excluding hydrogens is 222 g/mol. The maximum absolute atomic E-state index is 3.42. The van der Waals surface area contributed by atoms with Crippen LogP contribution in [0.15, 0.2) is 30.3 Å². The van der Waals surface area contributed by atoms with E-state index in [0.29, 0.717) is 0 Å². The Bertz CT molecular complexity index is 355. The summed E-state index contributed by atoms with van der Waals surface area (Å²) in [7, 11) is 2.18. The molecule has 3 heteroatoms. The third-order valence-corrected chi connectivity index (χ3v) is 3.79. The van der Waals surface area contributed by atoms with Crippen molar-refractivity contribution in [2.75, 3.05) is 44.7 Å². The SMILES string of the molecule is CN(CC(C)(C)N1CCNCC1)c1ccccc1. The maximum Gasteiger partial charge on any atom is 0.0364 e. The number of likely N-dealkylation sites (N-methyl/N-ethyl adjacent to an activating group) is 1. The van der Waals surface area contributed by atoms with E-state index in [1.54, 1.807) is 0 Å². The first-order chi connectivity index (χ1) is 8.59. The van der Waals surface area contributed by atoms with Crippen LogP contribution in [-0.2, 0) is 0 Å². The lowest BCUT2D eigenvalue weighted by Gasteiger charge is -2.43. The summed E-state index contributed by atoms with van der Waals surface area (Å²) in [5.41, 5.74) is 1.51. The number of piperazine rings is 1. The average Bonchev–Trinajstić information content (AvgIpc) is 2.40. The van der Waals surface area contributed by atoms with Crippen LogP contribution >= 0.6 is 0 Å². The summed E-state index contributed by atoms with van der Waals surface area (Å²) >= 11 is 0. The molecule has 1 saturated heterocycles. The quantitative estimate of drug-likeness (QED) is 0.875. The van der Waals surface area contributed by atoms with E-state index in [1.807, 2.05) is 0 Å². The molecule has 1 aliphatic rings. The lowest BCUT2D eigenvalue weighted by Crippen LogP contribution is -2.57. The van der Waals surface area contributed by atoms with E-state index in [4.69, 9.17) is 0 Å². The van der Waals surface area contributed by atoms with Crippen LogP contribution in [0, 0.1) is 0 Å². The molecule has 1 aromatic rings. The normalized spacial score (nSPS) is 17.7. The van der Waals surface area contributed by atoms with Gasteiger partial charge in [0.05, 0.1) is 0 Å². The zero-order valence-electron chi connectivity index (χ0n) is 11.8. The number of nitrogens with zero attached hydrogens (tertiary/aromatic N) is 2. The summed E-state index contributed by atoms with van der Waals surface area (Å²) in [6.45, 7) is 10.3. The van der Waals surface area contributed by atoms with Crippen molar-refractivity contribution in [3.05, 3.63) is 30.3 Å². The van der Waals surface area contributed by atoms with E-state index in [1.165, 1.54) is 5.69 Å². The number of hydrogen-bond acceptors (Lipinski definition) is 3. The van der Waals surface area contributed by atoms with Crippen molar-refractivity contribution in [2.45, 2.75) is 19.4 Å². The second-order valence-electron chi connectivity index (χ2n) is 5.74. The van der Waals surface area contributed by atoms with Crippen molar-refractivity contribution in [1.82, 2.24) is 10.2 Å². The lowest BCUT2D eigenvalue weighted by molar-refractivity contribution is 0.109.